The smallest absolute Gasteiger partial charge is 0.462 e. The zero-order chi connectivity index (χ0) is 36.8. The van der Waals surface area contributed by atoms with Gasteiger partial charge in [-0.05, 0) is 12.8 Å². The van der Waals surface area contributed by atoms with Crippen LogP contribution in [0.1, 0.15) is 226 Å². The minimum absolute atomic E-state index is 0.216. The van der Waals surface area contributed by atoms with Crippen molar-refractivity contribution in [3.05, 3.63) is 0 Å². The van der Waals surface area contributed by atoms with E-state index < -0.39 is 26.5 Å². The molecule has 0 fully saturated rings. The Morgan fingerprint density at radius 2 is 0.780 bits per heavy atom. The lowest BCUT2D eigenvalue weighted by Crippen LogP contribution is -2.29. The summed E-state index contributed by atoms with van der Waals surface area (Å²) in [6.07, 6.45) is 38.6. The summed E-state index contributed by atoms with van der Waals surface area (Å²) in [7, 11) is -3.19. The quantitative estimate of drug-likeness (QED) is 0.0377. The highest BCUT2D eigenvalue weighted by Crippen LogP contribution is 2.42. The van der Waals surface area contributed by atoms with Gasteiger partial charge in [-0.3, -0.25) is 18.6 Å². The van der Waals surface area contributed by atoms with Gasteiger partial charge in [-0.2, -0.15) is 0 Å². The van der Waals surface area contributed by atoms with E-state index in [0.717, 1.165) is 45.6 Å². The van der Waals surface area contributed by atoms with Crippen molar-refractivity contribution in [2.45, 2.75) is 232 Å². The van der Waals surface area contributed by atoms with Crippen molar-refractivity contribution >= 4 is 19.8 Å². The van der Waals surface area contributed by atoms with Crippen LogP contribution in [0.5, 0.6) is 0 Å². The Hall–Kier alpha value is -0.950. The Balaban J connectivity index is 3.95. The maximum absolute atomic E-state index is 12.5. The fourth-order valence-corrected chi connectivity index (χ4v) is 6.77. The molecule has 0 radical (unpaired) electrons. The molecule has 50 heavy (non-hydrogen) atoms. The van der Waals surface area contributed by atoms with Gasteiger partial charge >= 0.3 is 19.8 Å². The van der Waals surface area contributed by atoms with Crippen LogP contribution in [0.2, 0.25) is 0 Å². The first-order valence-electron chi connectivity index (χ1n) is 21.2. The van der Waals surface area contributed by atoms with Crippen LogP contribution in [0.4, 0.5) is 0 Å². The van der Waals surface area contributed by atoms with Gasteiger partial charge in [-0.15, -0.1) is 0 Å². The van der Waals surface area contributed by atoms with Crippen LogP contribution in [0.25, 0.3) is 0 Å². The normalized spacial score (nSPS) is 13.3. The predicted octanol–water partition coefficient (Wildman–Crippen LogP) is 13.1. The van der Waals surface area contributed by atoms with E-state index in [4.69, 9.17) is 14.0 Å². The van der Waals surface area contributed by atoms with Gasteiger partial charge in [0.05, 0.1) is 6.61 Å². The second-order valence-electron chi connectivity index (χ2n) is 14.5. The first-order valence-corrected chi connectivity index (χ1v) is 22.7. The summed E-state index contributed by atoms with van der Waals surface area (Å²) in [5.74, 6) is -0.787. The largest absolute Gasteiger partial charge is 0.472 e. The summed E-state index contributed by atoms with van der Waals surface area (Å²) in [4.78, 5) is 34.4. The van der Waals surface area contributed by atoms with Crippen molar-refractivity contribution in [1.82, 2.24) is 0 Å². The monoisotopic (exact) mass is 733 g/mol. The lowest BCUT2D eigenvalue weighted by molar-refractivity contribution is -0.161. The molecular formula is C41H81O8P. The molecule has 0 aliphatic heterocycles. The SMILES string of the molecule is CCCCCCCCCCCCCCCCCCC(=O)OC(COC(=O)CCCCCCCCCCCCCCCCC)COP(=O)(O)OC. The first kappa shape index (κ1) is 49.0. The number of ether oxygens (including phenoxy) is 2. The summed E-state index contributed by atoms with van der Waals surface area (Å²) < 4.78 is 32.0. The summed E-state index contributed by atoms with van der Waals surface area (Å²) >= 11 is 0. The number of hydrogen-bond donors (Lipinski definition) is 1. The molecule has 298 valence electrons. The molecule has 0 aliphatic carbocycles. The van der Waals surface area contributed by atoms with Gasteiger partial charge in [-0.1, -0.05) is 200 Å². The average molecular weight is 733 g/mol. The molecule has 9 heteroatoms. The Labute approximate surface area is 308 Å². The van der Waals surface area contributed by atoms with E-state index >= 15 is 0 Å². The molecule has 0 heterocycles. The van der Waals surface area contributed by atoms with Gasteiger partial charge in [0.25, 0.3) is 0 Å². The second kappa shape index (κ2) is 37.8. The maximum atomic E-state index is 12.5. The third kappa shape index (κ3) is 36.8. The number of phosphoric ester groups is 1. The highest BCUT2D eigenvalue weighted by Gasteiger charge is 2.24. The Morgan fingerprint density at radius 1 is 0.480 bits per heavy atom. The van der Waals surface area contributed by atoms with E-state index in [2.05, 4.69) is 18.4 Å². The van der Waals surface area contributed by atoms with Crippen LogP contribution in [0.3, 0.4) is 0 Å². The van der Waals surface area contributed by atoms with Crippen molar-refractivity contribution < 1.29 is 37.6 Å². The number of phosphoric acid groups is 1. The Bertz CT molecular complexity index is 793. The molecule has 0 rings (SSSR count). The highest BCUT2D eigenvalue weighted by molar-refractivity contribution is 7.47. The van der Waals surface area contributed by atoms with E-state index in [-0.39, 0.29) is 19.0 Å². The van der Waals surface area contributed by atoms with Crippen LogP contribution in [0.15, 0.2) is 0 Å². The van der Waals surface area contributed by atoms with Crippen molar-refractivity contribution in [1.29, 1.82) is 0 Å². The van der Waals surface area contributed by atoms with Gasteiger partial charge in [-0.25, -0.2) is 4.57 Å². The number of carbonyl (C=O) groups is 2. The van der Waals surface area contributed by atoms with Crippen LogP contribution < -0.4 is 0 Å². The van der Waals surface area contributed by atoms with Crippen LogP contribution in [0, 0.1) is 0 Å². The van der Waals surface area contributed by atoms with E-state index in [0.29, 0.717) is 6.42 Å². The third-order valence-electron chi connectivity index (χ3n) is 9.60. The average Bonchev–Trinajstić information content (AvgIpc) is 3.10. The summed E-state index contributed by atoms with van der Waals surface area (Å²) in [6, 6.07) is 0. The number of hydrogen-bond acceptors (Lipinski definition) is 7. The van der Waals surface area contributed by atoms with Crippen LogP contribution in [-0.2, 0) is 32.7 Å². The van der Waals surface area contributed by atoms with E-state index in [9.17, 15) is 19.0 Å². The van der Waals surface area contributed by atoms with Crippen molar-refractivity contribution in [3.63, 3.8) is 0 Å². The zero-order valence-electron chi connectivity index (χ0n) is 33.1. The lowest BCUT2D eigenvalue weighted by Gasteiger charge is -2.19. The highest BCUT2D eigenvalue weighted by atomic mass is 31.2. The number of carbonyl (C=O) groups excluding carboxylic acids is 2. The van der Waals surface area contributed by atoms with Crippen molar-refractivity contribution in [2.24, 2.45) is 0 Å². The molecule has 8 nitrogen and oxygen atoms in total. The summed E-state index contributed by atoms with van der Waals surface area (Å²) in [5.41, 5.74) is 0. The molecule has 1 N–H and O–H groups in total. The molecule has 0 bridgehead atoms. The molecule has 0 aromatic rings. The van der Waals surface area contributed by atoms with E-state index in [1.165, 1.54) is 161 Å². The molecule has 0 spiro atoms. The Morgan fingerprint density at radius 3 is 1.10 bits per heavy atom. The minimum Gasteiger partial charge on any atom is -0.462 e. The fourth-order valence-electron chi connectivity index (χ4n) is 6.31. The molecule has 2 atom stereocenters. The molecular weight excluding hydrogens is 651 g/mol. The van der Waals surface area contributed by atoms with Gasteiger partial charge in [0.15, 0.2) is 6.10 Å². The summed E-state index contributed by atoms with van der Waals surface area (Å²) in [6.45, 7) is 3.92. The van der Waals surface area contributed by atoms with Crippen LogP contribution >= 0.6 is 7.82 Å². The van der Waals surface area contributed by atoms with Crippen molar-refractivity contribution in [2.75, 3.05) is 20.3 Å². The second-order valence-corrected chi connectivity index (χ2v) is 16.1. The van der Waals surface area contributed by atoms with Gasteiger partial charge in [0.1, 0.15) is 6.61 Å². The fraction of sp³-hybridized carbons (Fsp3) is 0.951. The lowest BCUT2D eigenvalue weighted by atomic mass is 10.0. The van der Waals surface area contributed by atoms with Gasteiger partial charge in [0.2, 0.25) is 0 Å². The van der Waals surface area contributed by atoms with Gasteiger partial charge < -0.3 is 14.4 Å². The predicted molar refractivity (Wildman–Crippen MR) is 207 cm³/mol. The van der Waals surface area contributed by atoms with E-state index in [1.807, 2.05) is 0 Å². The molecule has 0 aliphatic rings. The van der Waals surface area contributed by atoms with Crippen molar-refractivity contribution in [3.8, 4) is 0 Å². The molecule has 0 saturated heterocycles. The molecule has 0 amide bonds. The van der Waals surface area contributed by atoms with Crippen LogP contribution in [-0.4, -0.2) is 43.3 Å². The van der Waals surface area contributed by atoms with Gasteiger partial charge in [0, 0.05) is 20.0 Å². The summed E-state index contributed by atoms with van der Waals surface area (Å²) in [5, 5.41) is 0. The number of unbranched alkanes of at least 4 members (excludes halogenated alkanes) is 29. The Kier molecular flexibility index (Phi) is 37.1. The molecule has 0 aromatic carbocycles. The molecule has 2 unspecified atom stereocenters. The van der Waals surface area contributed by atoms with E-state index in [1.54, 1.807) is 0 Å². The topological polar surface area (TPSA) is 108 Å². The standard InChI is InChI=1S/C41H81O8P/c1-4-6-8-10-12-14-16-18-20-22-24-26-28-30-32-34-36-41(43)49-39(38-48-50(44,45)46-3)37-47-40(42)35-33-31-29-27-25-23-21-19-17-15-13-11-9-7-5-2/h39H,4-38H2,1-3H3,(H,44,45). The maximum Gasteiger partial charge on any atom is 0.472 e. The number of esters is 2. The molecule has 0 saturated carbocycles. The molecule has 0 aromatic heterocycles. The third-order valence-corrected chi connectivity index (χ3v) is 10.5. The minimum atomic E-state index is -4.25. The first-order chi connectivity index (χ1) is 24.3. The number of rotatable bonds is 40. The zero-order valence-corrected chi connectivity index (χ0v) is 34.0.